The summed E-state index contributed by atoms with van der Waals surface area (Å²) in [6.07, 6.45) is -2.60. The highest BCUT2D eigenvalue weighted by atomic mass is 35.5. The van der Waals surface area contributed by atoms with Crippen molar-refractivity contribution < 1.29 is 22.4 Å². The lowest BCUT2D eigenvalue weighted by Gasteiger charge is -2.14. The number of nitrogens with one attached hydrogen (secondary N) is 1. The third kappa shape index (κ3) is 5.28. The zero-order valence-corrected chi connectivity index (χ0v) is 13.7. The lowest BCUT2D eigenvalue weighted by Crippen LogP contribution is -2.33. The van der Waals surface area contributed by atoms with Crippen molar-refractivity contribution in [3.8, 4) is 0 Å². The van der Waals surface area contributed by atoms with Crippen LogP contribution in [0.25, 0.3) is 0 Å². The van der Waals surface area contributed by atoms with Crippen molar-refractivity contribution in [3.05, 3.63) is 59.0 Å². The number of hydrogen-bond donors (Lipinski definition) is 2. The summed E-state index contributed by atoms with van der Waals surface area (Å²) in [6.45, 7) is 1.98. The molecule has 1 atom stereocenters. The molecule has 8 heteroatoms. The van der Waals surface area contributed by atoms with Crippen molar-refractivity contribution in [1.29, 1.82) is 0 Å². The van der Waals surface area contributed by atoms with E-state index in [0.717, 1.165) is 12.1 Å². The number of rotatable bonds is 5. The molecule has 4 nitrogen and oxygen atoms in total. The predicted molar refractivity (Wildman–Crippen MR) is 85.9 cm³/mol. The highest BCUT2D eigenvalue weighted by molar-refractivity contribution is 5.94. The molecule has 24 heavy (non-hydrogen) atoms. The Morgan fingerprint density at radius 2 is 1.92 bits per heavy atom. The largest absolute Gasteiger partial charge is 0.467 e. The molecule has 0 aliphatic rings. The molecule has 0 saturated carbocycles. The number of carbonyl (C=O) groups is 1. The van der Waals surface area contributed by atoms with Gasteiger partial charge in [-0.25, -0.2) is 0 Å². The molecule has 2 aromatic rings. The Kier molecular flexibility index (Phi) is 6.86. The molecule has 0 aliphatic carbocycles. The summed E-state index contributed by atoms with van der Waals surface area (Å²) in [7, 11) is 0. The van der Waals surface area contributed by atoms with Gasteiger partial charge in [0.15, 0.2) is 0 Å². The maximum absolute atomic E-state index is 12.5. The number of carbonyl (C=O) groups excluding carboxylic acids is 1. The number of alkyl halides is 3. The van der Waals surface area contributed by atoms with Crippen LogP contribution in [0.2, 0.25) is 0 Å². The summed E-state index contributed by atoms with van der Waals surface area (Å²) in [5.74, 6) is 0.193. The minimum Gasteiger partial charge on any atom is -0.467 e. The SMILES string of the molecule is CC(Cc1ccc(C(F)(F)F)cc1)NC(=O)c1coc(CN)c1.Cl. The molecule has 132 valence electrons. The van der Waals surface area contributed by atoms with Gasteiger partial charge in [-0.3, -0.25) is 4.79 Å². The maximum Gasteiger partial charge on any atom is 0.416 e. The van der Waals surface area contributed by atoms with Gasteiger partial charge in [0.1, 0.15) is 12.0 Å². The lowest BCUT2D eigenvalue weighted by molar-refractivity contribution is -0.137. The van der Waals surface area contributed by atoms with Gasteiger partial charge >= 0.3 is 6.18 Å². The highest BCUT2D eigenvalue weighted by Crippen LogP contribution is 2.29. The zero-order valence-electron chi connectivity index (χ0n) is 12.9. The fraction of sp³-hybridized carbons (Fsp3) is 0.312. The molecule has 1 aromatic carbocycles. The van der Waals surface area contributed by atoms with E-state index in [-0.39, 0.29) is 30.9 Å². The Bertz CT molecular complexity index is 669. The van der Waals surface area contributed by atoms with Gasteiger partial charge in [-0.15, -0.1) is 12.4 Å². The minimum absolute atomic E-state index is 0. The second-order valence-electron chi connectivity index (χ2n) is 5.28. The van der Waals surface area contributed by atoms with Gasteiger partial charge in [-0.2, -0.15) is 13.2 Å². The first-order valence-corrected chi connectivity index (χ1v) is 7.04. The molecule has 0 aliphatic heterocycles. The quantitative estimate of drug-likeness (QED) is 0.854. The summed E-state index contributed by atoms with van der Waals surface area (Å²) in [4.78, 5) is 12.0. The Hall–Kier alpha value is -1.99. The van der Waals surface area contributed by atoms with E-state index < -0.39 is 11.7 Å². The molecule has 1 unspecified atom stereocenters. The molecule has 0 spiro atoms. The molecule has 3 N–H and O–H groups in total. The van der Waals surface area contributed by atoms with Crippen molar-refractivity contribution in [2.24, 2.45) is 5.73 Å². The molecule has 0 saturated heterocycles. The third-order valence-corrected chi connectivity index (χ3v) is 3.32. The van der Waals surface area contributed by atoms with E-state index in [2.05, 4.69) is 5.32 Å². The standard InChI is InChI=1S/C16H17F3N2O2.ClH/c1-10(21-15(22)12-7-14(8-20)23-9-12)6-11-2-4-13(5-3-11)16(17,18)19;/h2-5,7,9-10H,6,8,20H2,1H3,(H,21,22);1H. The van der Waals surface area contributed by atoms with E-state index in [1.807, 2.05) is 0 Å². The molecule has 1 aromatic heterocycles. The van der Waals surface area contributed by atoms with Crippen LogP contribution in [0.3, 0.4) is 0 Å². The fourth-order valence-corrected chi connectivity index (χ4v) is 2.15. The van der Waals surface area contributed by atoms with Gasteiger partial charge in [-0.05, 0) is 37.1 Å². The van der Waals surface area contributed by atoms with E-state index in [9.17, 15) is 18.0 Å². The first-order chi connectivity index (χ1) is 10.8. The Morgan fingerprint density at radius 3 is 2.42 bits per heavy atom. The highest BCUT2D eigenvalue weighted by Gasteiger charge is 2.29. The van der Waals surface area contributed by atoms with Gasteiger partial charge in [0, 0.05) is 6.04 Å². The van der Waals surface area contributed by atoms with E-state index in [1.54, 1.807) is 13.0 Å². The first kappa shape index (κ1) is 20.1. The summed E-state index contributed by atoms with van der Waals surface area (Å²) in [6, 6.07) is 6.21. The Labute approximate surface area is 143 Å². The van der Waals surface area contributed by atoms with Crippen LogP contribution in [-0.4, -0.2) is 11.9 Å². The topological polar surface area (TPSA) is 68.3 Å². The second kappa shape index (κ2) is 8.21. The van der Waals surface area contributed by atoms with Crippen molar-refractivity contribution in [1.82, 2.24) is 5.32 Å². The molecule has 0 bridgehead atoms. The number of amides is 1. The summed E-state index contributed by atoms with van der Waals surface area (Å²) >= 11 is 0. The van der Waals surface area contributed by atoms with Crippen LogP contribution in [0.5, 0.6) is 0 Å². The van der Waals surface area contributed by atoms with Crippen LogP contribution in [0.15, 0.2) is 41.0 Å². The van der Waals surface area contributed by atoms with Gasteiger partial charge in [0.05, 0.1) is 17.7 Å². The lowest BCUT2D eigenvalue weighted by atomic mass is 10.0. The van der Waals surface area contributed by atoms with Crippen molar-refractivity contribution >= 4 is 18.3 Å². The van der Waals surface area contributed by atoms with Gasteiger partial charge < -0.3 is 15.5 Å². The normalized spacial score (nSPS) is 12.4. The molecule has 0 radical (unpaired) electrons. The van der Waals surface area contributed by atoms with Crippen LogP contribution >= 0.6 is 12.4 Å². The molecule has 2 rings (SSSR count). The van der Waals surface area contributed by atoms with Crippen molar-refractivity contribution in [2.75, 3.05) is 0 Å². The van der Waals surface area contributed by atoms with E-state index >= 15 is 0 Å². The maximum atomic E-state index is 12.5. The summed E-state index contributed by atoms with van der Waals surface area (Å²) in [5.41, 5.74) is 5.79. The number of hydrogen-bond acceptors (Lipinski definition) is 3. The minimum atomic E-state index is -4.35. The Balaban J connectivity index is 0.00000288. The monoisotopic (exact) mass is 362 g/mol. The zero-order chi connectivity index (χ0) is 17.0. The average Bonchev–Trinajstić information content (AvgIpc) is 2.95. The van der Waals surface area contributed by atoms with Crippen LogP contribution in [-0.2, 0) is 19.1 Å². The van der Waals surface area contributed by atoms with Crippen LogP contribution in [0.1, 0.15) is 34.2 Å². The Morgan fingerprint density at radius 1 is 1.29 bits per heavy atom. The van der Waals surface area contributed by atoms with Gasteiger partial charge in [-0.1, -0.05) is 12.1 Å². The molecule has 1 amide bonds. The van der Waals surface area contributed by atoms with Gasteiger partial charge in [0.2, 0.25) is 0 Å². The molecular formula is C16H18ClF3N2O2. The van der Waals surface area contributed by atoms with E-state index in [0.29, 0.717) is 23.3 Å². The molecule has 1 heterocycles. The summed E-state index contributed by atoms with van der Waals surface area (Å²) in [5, 5.41) is 2.76. The summed E-state index contributed by atoms with van der Waals surface area (Å²) < 4.78 is 42.6. The van der Waals surface area contributed by atoms with Crippen LogP contribution in [0.4, 0.5) is 13.2 Å². The molecular weight excluding hydrogens is 345 g/mol. The third-order valence-electron chi connectivity index (χ3n) is 3.32. The average molecular weight is 363 g/mol. The number of benzene rings is 1. The second-order valence-corrected chi connectivity index (χ2v) is 5.28. The van der Waals surface area contributed by atoms with Crippen molar-refractivity contribution in [2.45, 2.75) is 32.1 Å². The predicted octanol–water partition coefficient (Wildman–Crippen LogP) is 3.54. The van der Waals surface area contributed by atoms with Crippen molar-refractivity contribution in [3.63, 3.8) is 0 Å². The smallest absolute Gasteiger partial charge is 0.416 e. The van der Waals surface area contributed by atoms with Crippen LogP contribution < -0.4 is 11.1 Å². The van der Waals surface area contributed by atoms with Crippen LogP contribution in [0, 0.1) is 0 Å². The fourth-order valence-electron chi connectivity index (χ4n) is 2.15. The van der Waals surface area contributed by atoms with Gasteiger partial charge in [0.25, 0.3) is 5.91 Å². The first-order valence-electron chi connectivity index (χ1n) is 7.04. The molecule has 0 fully saturated rings. The van der Waals surface area contributed by atoms with E-state index in [4.69, 9.17) is 10.2 Å². The number of nitrogens with two attached hydrogens (primary N) is 1. The number of halogens is 4. The van der Waals surface area contributed by atoms with E-state index in [1.165, 1.54) is 18.4 Å². The number of furan rings is 1.